The van der Waals surface area contributed by atoms with Crippen LogP contribution in [0.5, 0.6) is 0 Å². The van der Waals surface area contributed by atoms with Crippen molar-refractivity contribution in [1.82, 2.24) is 5.32 Å². The molecule has 0 heterocycles. The molecule has 0 fully saturated rings. The Morgan fingerprint density at radius 2 is 1.62 bits per heavy atom. The van der Waals surface area contributed by atoms with Gasteiger partial charge in [0.2, 0.25) is 5.91 Å². The summed E-state index contributed by atoms with van der Waals surface area (Å²) >= 11 is 6.10. The van der Waals surface area contributed by atoms with Crippen LogP contribution in [0.4, 0.5) is 0 Å². The summed E-state index contributed by atoms with van der Waals surface area (Å²) < 4.78 is 0. The van der Waals surface area contributed by atoms with E-state index < -0.39 is 5.91 Å². The lowest BCUT2D eigenvalue weighted by Crippen LogP contribution is -2.26. The van der Waals surface area contributed by atoms with Gasteiger partial charge in [0.15, 0.2) is 0 Å². The molecule has 0 aliphatic rings. The highest BCUT2D eigenvalue weighted by molar-refractivity contribution is 6.31. The van der Waals surface area contributed by atoms with Gasteiger partial charge in [-0.25, -0.2) is 0 Å². The number of nitrogens with two attached hydrogens (primary N) is 1. The van der Waals surface area contributed by atoms with Crippen LogP contribution in [-0.2, 0) is 0 Å². The first-order valence-electron chi connectivity index (χ1n) is 6.44. The van der Waals surface area contributed by atoms with Gasteiger partial charge in [-0.05, 0) is 42.8 Å². The minimum Gasteiger partial charge on any atom is -0.366 e. The van der Waals surface area contributed by atoms with Crippen LogP contribution in [0.1, 0.15) is 39.2 Å². The van der Waals surface area contributed by atoms with Gasteiger partial charge in [0.1, 0.15) is 0 Å². The molecule has 0 bridgehead atoms. The number of hydrogen-bond donors (Lipinski definition) is 2. The van der Waals surface area contributed by atoms with E-state index in [1.165, 1.54) is 12.1 Å². The summed E-state index contributed by atoms with van der Waals surface area (Å²) in [5, 5.41) is 3.47. The van der Waals surface area contributed by atoms with E-state index in [-0.39, 0.29) is 11.9 Å². The molecule has 1 unspecified atom stereocenters. The van der Waals surface area contributed by atoms with Crippen LogP contribution in [0.25, 0.3) is 0 Å². The monoisotopic (exact) mass is 302 g/mol. The molecule has 0 radical (unpaired) electrons. The molecule has 5 heteroatoms. The van der Waals surface area contributed by atoms with Gasteiger partial charge in [-0.2, -0.15) is 0 Å². The molecule has 2 rings (SSSR count). The van der Waals surface area contributed by atoms with Crippen molar-refractivity contribution in [3.8, 4) is 0 Å². The molecule has 108 valence electrons. The van der Waals surface area contributed by atoms with Crippen molar-refractivity contribution in [2.75, 3.05) is 0 Å². The van der Waals surface area contributed by atoms with E-state index >= 15 is 0 Å². The average molecular weight is 303 g/mol. The molecule has 2 aromatic carbocycles. The van der Waals surface area contributed by atoms with Crippen molar-refractivity contribution in [2.45, 2.75) is 13.0 Å². The summed E-state index contributed by atoms with van der Waals surface area (Å²) in [6.07, 6.45) is 0. The van der Waals surface area contributed by atoms with Crippen LogP contribution < -0.4 is 11.1 Å². The van der Waals surface area contributed by atoms with E-state index in [1.54, 1.807) is 18.2 Å². The van der Waals surface area contributed by atoms with Gasteiger partial charge in [-0.15, -0.1) is 0 Å². The molecule has 0 saturated heterocycles. The van der Waals surface area contributed by atoms with E-state index in [4.69, 9.17) is 17.3 Å². The van der Waals surface area contributed by atoms with Crippen LogP contribution in [0.3, 0.4) is 0 Å². The number of nitrogens with one attached hydrogen (secondary N) is 1. The second-order valence-electron chi connectivity index (χ2n) is 4.66. The van der Waals surface area contributed by atoms with Crippen molar-refractivity contribution in [3.63, 3.8) is 0 Å². The fourth-order valence-electron chi connectivity index (χ4n) is 1.97. The Bertz CT molecular complexity index is 668. The highest BCUT2D eigenvalue weighted by Crippen LogP contribution is 2.22. The van der Waals surface area contributed by atoms with E-state index in [0.29, 0.717) is 16.1 Å². The van der Waals surface area contributed by atoms with Crippen molar-refractivity contribution >= 4 is 23.4 Å². The lowest BCUT2D eigenvalue weighted by Gasteiger charge is -2.15. The lowest BCUT2D eigenvalue weighted by molar-refractivity contribution is 0.0937. The molecule has 1 atom stereocenters. The van der Waals surface area contributed by atoms with Gasteiger partial charge in [-0.1, -0.05) is 29.8 Å². The molecule has 21 heavy (non-hydrogen) atoms. The number of carbonyl (C=O) groups is 2. The van der Waals surface area contributed by atoms with Crippen molar-refractivity contribution in [2.24, 2.45) is 5.73 Å². The smallest absolute Gasteiger partial charge is 0.251 e. The third-order valence-corrected chi connectivity index (χ3v) is 3.50. The summed E-state index contributed by atoms with van der Waals surface area (Å²) in [6, 6.07) is 13.3. The maximum atomic E-state index is 12.2. The Balaban J connectivity index is 2.11. The Hall–Kier alpha value is -2.33. The van der Waals surface area contributed by atoms with Crippen LogP contribution >= 0.6 is 11.6 Å². The highest BCUT2D eigenvalue weighted by Gasteiger charge is 2.13. The predicted octanol–water partition coefficient (Wildman–Crippen LogP) is 2.93. The van der Waals surface area contributed by atoms with Gasteiger partial charge in [0.25, 0.3) is 5.91 Å². The largest absolute Gasteiger partial charge is 0.366 e. The number of rotatable bonds is 4. The minimum absolute atomic E-state index is 0.220. The summed E-state index contributed by atoms with van der Waals surface area (Å²) in [7, 11) is 0. The summed E-state index contributed by atoms with van der Waals surface area (Å²) in [4.78, 5) is 23.1. The summed E-state index contributed by atoms with van der Waals surface area (Å²) in [5.41, 5.74) is 6.83. The Morgan fingerprint density at radius 3 is 2.19 bits per heavy atom. The fraction of sp³-hybridized carbons (Fsp3) is 0.125. The number of carbonyl (C=O) groups excluding carboxylic acids is 2. The normalized spacial score (nSPS) is 11.7. The van der Waals surface area contributed by atoms with Crippen molar-refractivity contribution in [1.29, 1.82) is 0 Å². The summed E-state index contributed by atoms with van der Waals surface area (Å²) in [5.74, 6) is -0.759. The van der Waals surface area contributed by atoms with E-state index in [0.717, 1.165) is 5.56 Å². The number of amides is 2. The van der Waals surface area contributed by atoms with Crippen LogP contribution in [-0.4, -0.2) is 11.8 Å². The molecule has 0 aromatic heterocycles. The molecule has 0 aliphatic heterocycles. The standard InChI is InChI=1S/C16H15ClN2O2/c1-10(13-4-2-3-5-14(13)17)19-16(21)12-8-6-11(7-9-12)15(18)20/h2-10H,1H3,(H2,18,20)(H,19,21). The fourth-order valence-corrected chi connectivity index (χ4v) is 2.27. The zero-order valence-corrected chi connectivity index (χ0v) is 12.2. The predicted molar refractivity (Wildman–Crippen MR) is 82.3 cm³/mol. The zero-order chi connectivity index (χ0) is 15.4. The first-order chi connectivity index (χ1) is 9.99. The number of benzene rings is 2. The van der Waals surface area contributed by atoms with Gasteiger partial charge in [0.05, 0.1) is 6.04 Å². The zero-order valence-electron chi connectivity index (χ0n) is 11.5. The molecule has 0 aliphatic carbocycles. The molecule has 3 N–H and O–H groups in total. The first-order valence-corrected chi connectivity index (χ1v) is 6.82. The quantitative estimate of drug-likeness (QED) is 0.911. The van der Waals surface area contributed by atoms with Gasteiger partial charge >= 0.3 is 0 Å². The summed E-state index contributed by atoms with van der Waals surface area (Å²) in [6.45, 7) is 1.86. The van der Waals surface area contributed by atoms with E-state index in [9.17, 15) is 9.59 Å². The highest BCUT2D eigenvalue weighted by atomic mass is 35.5. The molecule has 4 nitrogen and oxygen atoms in total. The Kier molecular flexibility index (Phi) is 4.60. The molecule has 2 aromatic rings. The molecule has 2 amide bonds. The van der Waals surface area contributed by atoms with Crippen LogP contribution in [0.15, 0.2) is 48.5 Å². The van der Waals surface area contributed by atoms with E-state index in [1.807, 2.05) is 25.1 Å². The third-order valence-electron chi connectivity index (χ3n) is 3.15. The lowest BCUT2D eigenvalue weighted by atomic mass is 10.1. The SMILES string of the molecule is CC(NC(=O)c1ccc(C(N)=O)cc1)c1ccccc1Cl. The van der Waals surface area contributed by atoms with Crippen molar-refractivity contribution in [3.05, 3.63) is 70.2 Å². The average Bonchev–Trinajstić information content (AvgIpc) is 2.47. The van der Waals surface area contributed by atoms with Gasteiger partial charge in [0, 0.05) is 16.1 Å². The van der Waals surface area contributed by atoms with Crippen LogP contribution in [0.2, 0.25) is 5.02 Å². The number of hydrogen-bond acceptors (Lipinski definition) is 2. The Labute approximate surface area is 127 Å². The maximum absolute atomic E-state index is 12.2. The first kappa shape index (κ1) is 15.1. The molecule has 0 spiro atoms. The van der Waals surface area contributed by atoms with Gasteiger partial charge < -0.3 is 11.1 Å². The number of primary amides is 1. The molecular formula is C16H15ClN2O2. The third kappa shape index (κ3) is 3.61. The van der Waals surface area contributed by atoms with E-state index in [2.05, 4.69) is 5.32 Å². The number of halogens is 1. The topological polar surface area (TPSA) is 72.2 Å². The minimum atomic E-state index is -0.522. The van der Waals surface area contributed by atoms with Gasteiger partial charge in [-0.3, -0.25) is 9.59 Å². The van der Waals surface area contributed by atoms with Crippen molar-refractivity contribution < 1.29 is 9.59 Å². The molecule has 0 saturated carbocycles. The maximum Gasteiger partial charge on any atom is 0.251 e. The Morgan fingerprint density at radius 1 is 1.05 bits per heavy atom. The second kappa shape index (κ2) is 6.41. The molecular weight excluding hydrogens is 288 g/mol. The van der Waals surface area contributed by atoms with Crippen LogP contribution in [0, 0.1) is 0 Å². The second-order valence-corrected chi connectivity index (χ2v) is 5.07.